The molecule has 0 bridgehead atoms. The molecule has 1 aliphatic heterocycles. The molecule has 1 aromatic rings. The Morgan fingerprint density at radius 1 is 1.47 bits per heavy atom. The Morgan fingerprint density at radius 3 is 2.74 bits per heavy atom. The first kappa shape index (κ1) is 13.9. The molecule has 1 heterocycles. The summed E-state index contributed by atoms with van der Waals surface area (Å²) in [7, 11) is 1.62. The maximum absolute atomic E-state index is 11.3. The summed E-state index contributed by atoms with van der Waals surface area (Å²) in [6.07, 6.45) is 3.27. The average molecular weight is 264 g/mol. The normalized spacial score (nSPS) is 20.2. The van der Waals surface area contributed by atoms with Gasteiger partial charge in [-0.2, -0.15) is 0 Å². The first-order chi connectivity index (χ1) is 9.19. The molecule has 1 aliphatic rings. The van der Waals surface area contributed by atoms with E-state index in [0.717, 1.165) is 30.8 Å². The topological polar surface area (TPSA) is 55.8 Å². The van der Waals surface area contributed by atoms with Crippen LogP contribution in [0.4, 0.5) is 0 Å². The number of methoxy groups -OCH3 is 1. The van der Waals surface area contributed by atoms with Gasteiger partial charge in [-0.15, -0.1) is 0 Å². The maximum Gasteiger partial charge on any atom is 0.306 e. The zero-order chi connectivity index (χ0) is 13.7. The van der Waals surface area contributed by atoms with E-state index in [1.165, 1.54) is 0 Å². The molecule has 2 atom stereocenters. The monoisotopic (exact) mass is 264 g/mol. The summed E-state index contributed by atoms with van der Waals surface area (Å²) in [6.45, 7) is 0.763. The highest BCUT2D eigenvalue weighted by molar-refractivity contribution is 5.70. The molecule has 0 radical (unpaired) electrons. The number of rotatable bonds is 6. The number of benzene rings is 1. The summed E-state index contributed by atoms with van der Waals surface area (Å²) < 4.78 is 10.6. The molecule has 0 spiro atoms. The number of ether oxygens (including phenoxy) is 2. The molecular weight excluding hydrogens is 244 g/mol. The van der Waals surface area contributed by atoms with Crippen molar-refractivity contribution < 1.29 is 19.4 Å². The smallest absolute Gasteiger partial charge is 0.306 e. The second kappa shape index (κ2) is 6.57. The van der Waals surface area contributed by atoms with Gasteiger partial charge >= 0.3 is 5.97 Å². The summed E-state index contributed by atoms with van der Waals surface area (Å²) >= 11 is 0. The number of carboxylic acid groups (broad SMARTS) is 1. The van der Waals surface area contributed by atoms with E-state index in [-0.39, 0.29) is 12.0 Å². The van der Waals surface area contributed by atoms with Gasteiger partial charge in [0.1, 0.15) is 5.75 Å². The molecule has 2 rings (SSSR count). The van der Waals surface area contributed by atoms with Crippen LogP contribution in [0.1, 0.15) is 24.8 Å². The summed E-state index contributed by atoms with van der Waals surface area (Å²) in [4.78, 5) is 11.3. The van der Waals surface area contributed by atoms with Gasteiger partial charge in [0.15, 0.2) is 0 Å². The molecule has 1 aromatic carbocycles. The van der Waals surface area contributed by atoms with Crippen molar-refractivity contribution in [3.05, 3.63) is 29.8 Å². The standard InChI is InChI=1S/C15H20O4/c1-18-13-6-4-11(5-7-13)9-12(15(16)17)10-14-3-2-8-19-14/h4-7,12,14H,2-3,8-10H2,1H3,(H,16,17). The first-order valence-corrected chi connectivity index (χ1v) is 6.66. The number of hydrogen-bond donors (Lipinski definition) is 1. The molecule has 0 saturated carbocycles. The van der Waals surface area contributed by atoms with Crippen LogP contribution < -0.4 is 4.74 Å². The van der Waals surface area contributed by atoms with Crippen LogP contribution in [0.3, 0.4) is 0 Å². The Hall–Kier alpha value is -1.55. The Labute approximate surface area is 113 Å². The molecule has 19 heavy (non-hydrogen) atoms. The number of carboxylic acids is 1. The van der Waals surface area contributed by atoms with Gasteiger partial charge in [-0.05, 0) is 43.4 Å². The highest BCUT2D eigenvalue weighted by Crippen LogP contribution is 2.23. The minimum atomic E-state index is -0.744. The Morgan fingerprint density at radius 2 is 2.21 bits per heavy atom. The van der Waals surface area contributed by atoms with Crippen LogP contribution in [0.15, 0.2) is 24.3 Å². The zero-order valence-electron chi connectivity index (χ0n) is 11.2. The lowest BCUT2D eigenvalue weighted by Crippen LogP contribution is -2.22. The Balaban J connectivity index is 1.96. The summed E-state index contributed by atoms with van der Waals surface area (Å²) in [5.41, 5.74) is 1.02. The van der Waals surface area contributed by atoms with Crippen LogP contribution in [-0.4, -0.2) is 30.9 Å². The third kappa shape index (κ3) is 3.96. The van der Waals surface area contributed by atoms with Gasteiger partial charge in [-0.3, -0.25) is 4.79 Å². The molecule has 1 saturated heterocycles. The maximum atomic E-state index is 11.3. The van der Waals surface area contributed by atoms with Crippen molar-refractivity contribution in [2.24, 2.45) is 5.92 Å². The van der Waals surface area contributed by atoms with E-state index in [1.54, 1.807) is 7.11 Å². The molecule has 0 aromatic heterocycles. The third-order valence-corrected chi connectivity index (χ3v) is 3.56. The first-order valence-electron chi connectivity index (χ1n) is 6.66. The fourth-order valence-electron chi connectivity index (χ4n) is 2.47. The van der Waals surface area contributed by atoms with Crippen LogP contribution in [0.2, 0.25) is 0 Å². The fraction of sp³-hybridized carbons (Fsp3) is 0.533. The van der Waals surface area contributed by atoms with Gasteiger partial charge in [0, 0.05) is 6.61 Å². The lowest BCUT2D eigenvalue weighted by atomic mass is 9.93. The molecule has 0 amide bonds. The minimum absolute atomic E-state index is 0.111. The quantitative estimate of drug-likeness (QED) is 0.857. The summed E-state index contributed by atoms with van der Waals surface area (Å²) in [6, 6.07) is 7.56. The van der Waals surface area contributed by atoms with Crippen molar-refractivity contribution >= 4 is 5.97 Å². The predicted octanol–water partition coefficient (Wildman–Crippen LogP) is 2.51. The summed E-state index contributed by atoms with van der Waals surface area (Å²) in [5.74, 6) is -0.336. The Kier molecular flexibility index (Phi) is 4.80. The molecular formula is C15H20O4. The van der Waals surface area contributed by atoms with Gasteiger partial charge in [0.25, 0.3) is 0 Å². The van der Waals surface area contributed by atoms with Gasteiger partial charge < -0.3 is 14.6 Å². The minimum Gasteiger partial charge on any atom is -0.497 e. The van der Waals surface area contributed by atoms with Crippen molar-refractivity contribution in [1.29, 1.82) is 0 Å². The van der Waals surface area contributed by atoms with Gasteiger partial charge in [0.05, 0.1) is 19.1 Å². The average Bonchev–Trinajstić information content (AvgIpc) is 2.91. The van der Waals surface area contributed by atoms with Gasteiger partial charge in [-0.25, -0.2) is 0 Å². The molecule has 0 aliphatic carbocycles. The SMILES string of the molecule is COc1ccc(CC(CC2CCCO2)C(=O)O)cc1. The van der Waals surface area contributed by atoms with Crippen molar-refractivity contribution in [3.8, 4) is 5.75 Å². The highest BCUT2D eigenvalue weighted by atomic mass is 16.5. The van der Waals surface area contributed by atoms with E-state index in [2.05, 4.69) is 0 Å². The second-order valence-corrected chi connectivity index (χ2v) is 4.96. The van der Waals surface area contributed by atoms with E-state index in [0.29, 0.717) is 12.8 Å². The van der Waals surface area contributed by atoms with Crippen LogP contribution in [-0.2, 0) is 16.0 Å². The van der Waals surface area contributed by atoms with Gasteiger partial charge in [-0.1, -0.05) is 12.1 Å². The van der Waals surface area contributed by atoms with E-state index in [4.69, 9.17) is 9.47 Å². The fourth-order valence-corrected chi connectivity index (χ4v) is 2.47. The third-order valence-electron chi connectivity index (χ3n) is 3.56. The van der Waals surface area contributed by atoms with E-state index < -0.39 is 5.97 Å². The summed E-state index contributed by atoms with van der Waals surface area (Å²) in [5, 5.41) is 9.32. The highest BCUT2D eigenvalue weighted by Gasteiger charge is 2.25. The van der Waals surface area contributed by atoms with Crippen LogP contribution >= 0.6 is 0 Å². The van der Waals surface area contributed by atoms with Crippen molar-refractivity contribution in [2.75, 3.05) is 13.7 Å². The molecule has 4 nitrogen and oxygen atoms in total. The molecule has 4 heteroatoms. The Bertz CT molecular complexity index is 407. The van der Waals surface area contributed by atoms with Crippen molar-refractivity contribution in [2.45, 2.75) is 31.8 Å². The lowest BCUT2D eigenvalue weighted by Gasteiger charge is -2.16. The molecule has 104 valence electrons. The molecule has 2 unspecified atom stereocenters. The van der Waals surface area contributed by atoms with Crippen LogP contribution in [0.25, 0.3) is 0 Å². The van der Waals surface area contributed by atoms with Crippen molar-refractivity contribution in [1.82, 2.24) is 0 Å². The number of aliphatic carboxylic acids is 1. The second-order valence-electron chi connectivity index (χ2n) is 4.96. The van der Waals surface area contributed by atoms with Crippen LogP contribution in [0, 0.1) is 5.92 Å². The molecule has 1 fully saturated rings. The zero-order valence-corrected chi connectivity index (χ0v) is 11.2. The van der Waals surface area contributed by atoms with E-state index >= 15 is 0 Å². The van der Waals surface area contributed by atoms with Crippen molar-refractivity contribution in [3.63, 3.8) is 0 Å². The number of carbonyl (C=O) groups is 1. The lowest BCUT2D eigenvalue weighted by molar-refractivity contribution is -0.142. The predicted molar refractivity (Wildman–Crippen MR) is 71.4 cm³/mol. The van der Waals surface area contributed by atoms with Gasteiger partial charge in [0.2, 0.25) is 0 Å². The van der Waals surface area contributed by atoms with E-state index in [9.17, 15) is 9.90 Å². The van der Waals surface area contributed by atoms with E-state index in [1.807, 2.05) is 24.3 Å². The van der Waals surface area contributed by atoms with Crippen LogP contribution in [0.5, 0.6) is 5.75 Å². The largest absolute Gasteiger partial charge is 0.497 e. The molecule has 1 N–H and O–H groups in total. The number of hydrogen-bond acceptors (Lipinski definition) is 3.